The minimum Gasteiger partial charge on any atom is -0.329 e. The Labute approximate surface area is 129 Å². The second-order valence-corrected chi connectivity index (χ2v) is 7.02. The van der Waals surface area contributed by atoms with Gasteiger partial charge in [-0.15, -0.1) is 23.7 Å². The van der Waals surface area contributed by atoms with Gasteiger partial charge in [0.05, 0.1) is 18.3 Å². The first-order valence-corrected chi connectivity index (χ1v) is 7.41. The van der Waals surface area contributed by atoms with Crippen molar-refractivity contribution in [1.82, 2.24) is 9.78 Å². The highest BCUT2D eigenvalue weighted by atomic mass is 35.5. The number of halogens is 1. The molecule has 108 valence electrons. The smallest absolute Gasteiger partial charge is 0.0769 e. The molecule has 3 aromatic rings. The second kappa shape index (κ2) is 5.35. The molecule has 0 atom stereocenters. The van der Waals surface area contributed by atoms with Crippen molar-refractivity contribution in [3.8, 4) is 0 Å². The average molecular weight is 310 g/mol. The molecule has 0 bridgehead atoms. The van der Waals surface area contributed by atoms with E-state index in [0.29, 0.717) is 6.54 Å². The minimum absolute atomic E-state index is 0. The van der Waals surface area contributed by atoms with Gasteiger partial charge in [0.1, 0.15) is 0 Å². The van der Waals surface area contributed by atoms with Crippen molar-refractivity contribution in [1.29, 1.82) is 0 Å². The number of nitrogens with zero attached hydrogens (tertiary/aromatic N) is 2. The van der Waals surface area contributed by atoms with Crippen molar-refractivity contribution in [2.24, 2.45) is 5.73 Å². The maximum atomic E-state index is 5.67. The van der Waals surface area contributed by atoms with Gasteiger partial charge in [-0.2, -0.15) is 5.10 Å². The lowest BCUT2D eigenvalue weighted by Gasteiger charge is -2.14. The van der Waals surface area contributed by atoms with Crippen molar-refractivity contribution in [2.75, 3.05) is 6.54 Å². The summed E-state index contributed by atoms with van der Waals surface area (Å²) in [5, 5.41) is 6.95. The summed E-state index contributed by atoms with van der Waals surface area (Å²) in [5.74, 6) is 0. The molecule has 3 rings (SSSR count). The fourth-order valence-corrected chi connectivity index (χ4v) is 3.48. The Hall–Kier alpha value is -1.10. The molecule has 20 heavy (non-hydrogen) atoms. The van der Waals surface area contributed by atoms with Gasteiger partial charge >= 0.3 is 0 Å². The summed E-state index contributed by atoms with van der Waals surface area (Å²) in [5.41, 5.74) is 7.08. The van der Waals surface area contributed by atoms with E-state index >= 15 is 0 Å². The second-order valence-electron chi connectivity index (χ2n) is 5.93. The molecule has 2 aromatic heterocycles. The lowest BCUT2D eigenvalue weighted by Crippen LogP contribution is -2.10. The number of thiophene rings is 1. The largest absolute Gasteiger partial charge is 0.329 e. The van der Waals surface area contributed by atoms with Gasteiger partial charge in [-0.25, -0.2) is 0 Å². The summed E-state index contributed by atoms with van der Waals surface area (Å²) in [4.78, 5) is 1.41. The van der Waals surface area contributed by atoms with Gasteiger partial charge < -0.3 is 5.73 Å². The quantitative estimate of drug-likeness (QED) is 0.779. The van der Waals surface area contributed by atoms with Crippen molar-refractivity contribution in [2.45, 2.75) is 32.7 Å². The van der Waals surface area contributed by atoms with Crippen LogP contribution in [0.3, 0.4) is 0 Å². The van der Waals surface area contributed by atoms with E-state index in [-0.39, 0.29) is 17.8 Å². The van der Waals surface area contributed by atoms with Gasteiger partial charge in [-0.1, -0.05) is 20.8 Å². The summed E-state index contributed by atoms with van der Waals surface area (Å²) < 4.78 is 3.35. The summed E-state index contributed by atoms with van der Waals surface area (Å²) in [6, 6.07) is 6.67. The van der Waals surface area contributed by atoms with Crippen LogP contribution in [0.4, 0.5) is 0 Å². The highest BCUT2D eigenvalue weighted by Gasteiger charge is 2.18. The third-order valence-corrected chi connectivity index (χ3v) is 4.90. The first-order chi connectivity index (χ1) is 9.00. The highest BCUT2D eigenvalue weighted by Crippen LogP contribution is 2.37. The molecule has 3 nitrogen and oxygen atoms in total. The molecule has 0 amide bonds. The Morgan fingerprint density at radius 2 is 2.05 bits per heavy atom. The van der Waals surface area contributed by atoms with Crippen molar-refractivity contribution >= 4 is 44.7 Å². The molecule has 0 aliphatic heterocycles. The Balaban J connectivity index is 0.00000147. The van der Waals surface area contributed by atoms with Crippen LogP contribution in [0.1, 0.15) is 25.6 Å². The molecule has 0 unspecified atom stereocenters. The molecule has 2 N–H and O–H groups in total. The Kier molecular flexibility index (Phi) is 4.09. The number of aromatic nitrogens is 2. The van der Waals surface area contributed by atoms with Crippen LogP contribution in [0.2, 0.25) is 0 Å². The standard InChI is InChI=1S/C15H19N3S.ClH/c1-15(2,3)13-8-11-12(19-13)5-4-10-9-17-18(7-6-16)14(10)11;/h4-5,8-9H,6-7,16H2,1-3H3;1H. The predicted octanol–water partition coefficient (Wildman–Crippen LogP) is 3.93. The van der Waals surface area contributed by atoms with Gasteiger partial charge in [0, 0.05) is 26.9 Å². The van der Waals surface area contributed by atoms with Crippen LogP contribution in [-0.4, -0.2) is 16.3 Å². The molecule has 1 aromatic carbocycles. The fourth-order valence-electron chi connectivity index (χ4n) is 2.36. The molecule has 5 heteroatoms. The SMILES string of the molecule is CC(C)(C)c1cc2c(ccc3cnn(CCN)c32)s1.Cl. The molecule has 0 saturated heterocycles. The Bertz CT molecular complexity index is 737. The normalized spacial score (nSPS) is 12.0. The predicted molar refractivity (Wildman–Crippen MR) is 90.1 cm³/mol. The van der Waals surface area contributed by atoms with Crippen molar-refractivity contribution in [3.63, 3.8) is 0 Å². The Morgan fingerprint density at radius 1 is 1.30 bits per heavy atom. The van der Waals surface area contributed by atoms with Crippen LogP contribution >= 0.6 is 23.7 Å². The van der Waals surface area contributed by atoms with Gasteiger partial charge in [0.2, 0.25) is 0 Å². The average Bonchev–Trinajstić information content (AvgIpc) is 2.91. The van der Waals surface area contributed by atoms with Crippen LogP contribution in [-0.2, 0) is 12.0 Å². The van der Waals surface area contributed by atoms with Crippen LogP contribution < -0.4 is 5.73 Å². The van der Waals surface area contributed by atoms with Gasteiger partial charge in [0.15, 0.2) is 0 Å². The van der Waals surface area contributed by atoms with E-state index in [9.17, 15) is 0 Å². The third-order valence-electron chi connectivity index (χ3n) is 3.38. The first-order valence-electron chi connectivity index (χ1n) is 6.59. The van der Waals surface area contributed by atoms with Crippen molar-refractivity contribution in [3.05, 3.63) is 29.3 Å². The zero-order chi connectivity index (χ0) is 13.6. The summed E-state index contributed by atoms with van der Waals surface area (Å²) >= 11 is 1.88. The van der Waals surface area contributed by atoms with Crippen LogP contribution in [0.15, 0.2) is 24.4 Å². The highest BCUT2D eigenvalue weighted by molar-refractivity contribution is 7.19. The molecule has 0 radical (unpaired) electrons. The maximum absolute atomic E-state index is 5.67. The van der Waals surface area contributed by atoms with E-state index in [4.69, 9.17) is 5.73 Å². The molecule has 0 aliphatic rings. The first kappa shape index (κ1) is 15.3. The Morgan fingerprint density at radius 3 is 2.70 bits per heavy atom. The number of hydrogen-bond acceptors (Lipinski definition) is 3. The summed E-state index contributed by atoms with van der Waals surface area (Å²) in [6.07, 6.45) is 1.93. The lowest BCUT2D eigenvalue weighted by molar-refractivity contribution is 0.604. The zero-order valence-electron chi connectivity index (χ0n) is 12.0. The fraction of sp³-hybridized carbons (Fsp3) is 0.400. The van der Waals surface area contributed by atoms with E-state index in [2.05, 4.69) is 44.1 Å². The van der Waals surface area contributed by atoms with E-state index in [0.717, 1.165) is 6.54 Å². The summed E-state index contributed by atoms with van der Waals surface area (Å²) in [6.45, 7) is 8.15. The zero-order valence-corrected chi connectivity index (χ0v) is 13.6. The molecule has 2 heterocycles. The van der Waals surface area contributed by atoms with Gasteiger partial charge in [-0.05, 0) is 23.6 Å². The molecule has 0 aliphatic carbocycles. The van der Waals surface area contributed by atoms with Crippen LogP contribution in [0.25, 0.3) is 21.0 Å². The summed E-state index contributed by atoms with van der Waals surface area (Å²) in [7, 11) is 0. The minimum atomic E-state index is 0. The molecule has 0 saturated carbocycles. The number of nitrogens with two attached hydrogens (primary N) is 1. The number of hydrogen-bond donors (Lipinski definition) is 1. The number of fused-ring (bicyclic) bond motifs is 3. The monoisotopic (exact) mass is 309 g/mol. The lowest BCUT2D eigenvalue weighted by atomic mass is 9.94. The third kappa shape index (κ3) is 2.43. The molecular weight excluding hydrogens is 290 g/mol. The molecular formula is C15H20ClN3S. The van der Waals surface area contributed by atoms with E-state index < -0.39 is 0 Å². The van der Waals surface area contributed by atoms with Crippen molar-refractivity contribution < 1.29 is 0 Å². The van der Waals surface area contributed by atoms with E-state index in [1.807, 2.05) is 22.2 Å². The topological polar surface area (TPSA) is 43.8 Å². The van der Waals surface area contributed by atoms with Gasteiger partial charge in [-0.3, -0.25) is 4.68 Å². The number of benzene rings is 1. The number of rotatable bonds is 2. The van der Waals surface area contributed by atoms with Gasteiger partial charge in [0.25, 0.3) is 0 Å². The molecule has 0 spiro atoms. The van der Waals surface area contributed by atoms with Crippen LogP contribution in [0.5, 0.6) is 0 Å². The van der Waals surface area contributed by atoms with E-state index in [1.165, 1.54) is 25.9 Å². The maximum Gasteiger partial charge on any atom is 0.0769 e. The van der Waals surface area contributed by atoms with E-state index in [1.54, 1.807) is 0 Å². The molecule has 0 fully saturated rings. The van der Waals surface area contributed by atoms with Crippen LogP contribution in [0, 0.1) is 0 Å².